The number of carbonyl (C=O) groups is 1. The Hall–Kier alpha value is -2.73. The van der Waals surface area contributed by atoms with E-state index in [0.717, 1.165) is 39.0 Å². The lowest BCUT2D eigenvalue weighted by molar-refractivity contribution is -0.384. The average molecular weight is 379 g/mol. The largest absolute Gasteiger partial charge is 0.364 e. The fourth-order valence-electron chi connectivity index (χ4n) is 4.41. The Balaban J connectivity index is 1.60. The number of ketones is 1. The zero-order valence-electron chi connectivity index (χ0n) is 15.9. The van der Waals surface area contributed by atoms with Gasteiger partial charge in [0.2, 0.25) is 0 Å². The zero-order valence-corrected chi connectivity index (χ0v) is 15.9. The second-order valence-electron chi connectivity index (χ2n) is 7.64. The molecule has 6 nitrogen and oxygen atoms in total. The van der Waals surface area contributed by atoms with Crippen molar-refractivity contribution in [3.8, 4) is 0 Å². The number of nitrogens with zero attached hydrogens (tertiary/aromatic N) is 3. The van der Waals surface area contributed by atoms with Crippen molar-refractivity contribution in [2.45, 2.75) is 31.7 Å². The third-order valence-corrected chi connectivity index (χ3v) is 5.86. The Bertz CT molecular complexity index is 863. The molecule has 1 atom stereocenters. The molecule has 2 aliphatic heterocycles. The van der Waals surface area contributed by atoms with E-state index in [-0.39, 0.29) is 16.4 Å². The normalized spacial score (nSPS) is 20.3. The van der Waals surface area contributed by atoms with Crippen molar-refractivity contribution in [3.05, 3.63) is 69.8 Å². The van der Waals surface area contributed by atoms with Crippen LogP contribution in [0, 0.1) is 10.1 Å². The van der Waals surface area contributed by atoms with Crippen LogP contribution >= 0.6 is 0 Å². The van der Waals surface area contributed by atoms with E-state index in [2.05, 4.69) is 9.80 Å². The van der Waals surface area contributed by atoms with Gasteiger partial charge in [0.25, 0.3) is 5.69 Å². The van der Waals surface area contributed by atoms with E-state index >= 15 is 0 Å². The lowest BCUT2D eigenvalue weighted by atomic mass is 10.00. The van der Waals surface area contributed by atoms with Crippen LogP contribution in [0.25, 0.3) is 0 Å². The number of nitro benzene ring substituents is 1. The van der Waals surface area contributed by atoms with Crippen molar-refractivity contribution in [2.75, 3.05) is 31.1 Å². The Labute approximate surface area is 164 Å². The summed E-state index contributed by atoms with van der Waals surface area (Å²) in [6.45, 7) is 3.89. The quantitative estimate of drug-likeness (QED) is 0.448. The highest BCUT2D eigenvalue weighted by Gasteiger charge is 2.30. The molecule has 0 aliphatic carbocycles. The number of hydrogen-bond acceptors (Lipinski definition) is 5. The maximum atomic E-state index is 12.7. The second-order valence-corrected chi connectivity index (χ2v) is 7.64. The van der Waals surface area contributed by atoms with Gasteiger partial charge in [-0.2, -0.15) is 0 Å². The van der Waals surface area contributed by atoms with E-state index in [0.29, 0.717) is 22.9 Å². The third kappa shape index (κ3) is 3.78. The highest BCUT2D eigenvalue weighted by atomic mass is 16.6. The first kappa shape index (κ1) is 18.6. The summed E-state index contributed by atoms with van der Waals surface area (Å²) in [5.41, 5.74) is 1.54. The average Bonchev–Trinajstić information content (AvgIpc) is 3.28. The van der Waals surface area contributed by atoms with Crippen LogP contribution in [0.15, 0.2) is 48.5 Å². The van der Waals surface area contributed by atoms with Crippen LogP contribution in [0.5, 0.6) is 0 Å². The maximum absolute atomic E-state index is 12.7. The summed E-state index contributed by atoms with van der Waals surface area (Å²) in [7, 11) is 0. The number of anilines is 1. The van der Waals surface area contributed by atoms with E-state index in [1.807, 2.05) is 6.07 Å². The predicted octanol–water partition coefficient (Wildman–Crippen LogP) is 3.89. The number of likely N-dealkylation sites (tertiary alicyclic amines) is 1. The molecule has 0 spiro atoms. The summed E-state index contributed by atoms with van der Waals surface area (Å²) in [6, 6.07) is 14.3. The van der Waals surface area contributed by atoms with Crippen LogP contribution in [0.2, 0.25) is 0 Å². The maximum Gasteiger partial charge on any atom is 0.293 e. The monoisotopic (exact) mass is 379 g/mol. The van der Waals surface area contributed by atoms with Crippen LogP contribution in [-0.2, 0) is 0 Å². The summed E-state index contributed by atoms with van der Waals surface area (Å²) < 4.78 is 0. The summed E-state index contributed by atoms with van der Waals surface area (Å²) >= 11 is 0. The molecule has 0 amide bonds. The molecule has 0 N–H and O–H groups in total. The van der Waals surface area contributed by atoms with Crippen LogP contribution in [0.1, 0.15) is 41.6 Å². The van der Waals surface area contributed by atoms with Gasteiger partial charge in [0, 0.05) is 36.3 Å². The number of nitro groups is 1. The van der Waals surface area contributed by atoms with Crippen LogP contribution < -0.4 is 4.90 Å². The van der Waals surface area contributed by atoms with Crippen molar-refractivity contribution >= 4 is 17.2 Å². The molecule has 2 aliphatic rings. The molecule has 2 heterocycles. The molecule has 0 saturated carbocycles. The van der Waals surface area contributed by atoms with Crippen LogP contribution in [-0.4, -0.2) is 47.8 Å². The van der Waals surface area contributed by atoms with E-state index in [1.165, 1.54) is 18.9 Å². The molecule has 2 aromatic rings. The Morgan fingerprint density at radius 3 is 2.43 bits per heavy atom. The third-order valence-electron chi connectivity index (χ3n) is 5.86. The first-order valence-corrected chi connectivity index (χ1v) is 10.0. The van der Waals surface area contributed by atoms with Crippen molar-refractivity contribution in [2.24, 2.45) is 0 Å². The van der Waals surface area contributed by atoms with Crippen molar-refractivity contribution in [1.29, 1.82) is 0 Å². The van der Waals surface area contributed by atoms with Gasteiger partial charge in [-0.3, -0.25) is 19.8 Å². The lowest BCUT2D eigenvalue weighted by Gasteiger charge is -2.38. The van der Waals surface area contributed by atoms with Gasteiger partial charge in [-0.05, 0) is 50.9 Å². The summed E-state index contributed by atoms with van der Waals surface area (Å²) in [5.74, 6) is -0.191. The van der Waals surface area contributed by atoms with Crippen LogP contribution in [0.4, 0.5) is 11.4 Å². The summed E-state index contributed by atoms with van der Waals surface area (Å²) in [4.78, 5) is 28.7. The highest BCUT2D eigenvalue weighted by molar-refractivity contribution is 6.09. The fraction of sp³-hybridized carbons (Fsp3) is 0.409. The molecule has 146 valence electrons. The number of rotatable bonds is 5. The van der Waals surface area contributed by atoms with E-state index in [9.17, 15) is 14.9 Å². The van der Waals surface area contributed by atoms with Crippen molar-refractivity contribution in [1.82, 2.24) is 4.90 Å². The Morgan fingerprint density at radius 2 is 1.71 bits per heavy atom. The molecule has 6 heteroatoms. The van der Waals surface area contributed by atoms with Crippen molar-refractivity contribution in [3.63, 3.8) is 0 Å². The SMILES string of the molecule is O=C(c1ccccc1)c1ccc(N2CCC[C@@H](N3CCCC3)C2)c([N+](=O)[O-])c1. The summed E-state index contributed by atoms with van der Waals surface area (Å²) in [5, 5.41) is 11.8. The number of piperidine rings is 1. The number of benzene rings is 2. The van der Waals surface area contributed by atoms with Crippen molar-refractivity contribution < 1.29 is 9.72 Å². The van der Waals surface area contributed by atoms with Gasteiger partial charge in [-0.15, -0.1) is 0 Å². The molecule has 2 saturated heterocycles. The Morgan fingerprint density at radius 1 is 0.964 bits per heavy atom. The molecule has 4 rings (SSSR count). The molecule has 2 aromatic carbocycles. The first-order valence-electron chi connectivity index (χ1n) is 10.0. The van der Waals surface area contributed by atoms with E-state index < -0.39 is 0 Å². The number of carbonyl (C=O) groups excluding carboxylic acids is 1. The minimum absolute atomic E-state index is 0.0175. The molecule has 0 radical (unpaired) electrons. The molecule has 2 fully saturated rings. The minimum atomic E-state index is -0.365. The molecule has 28 heavy (non-hydrogen) atoms. The van der Waals surface area contributed by atoms with Gasteiger partial charge < -0.3 is 4.90 Å². The summed E-state index contributed by atoms with van der Waals surface area (Å²) in [6.07, 6.45) is 4.66. The fourth-order valence-corrected chi connectivity index (χ4v) is 4.41. The molecule has 0 unspecified atom stereocenters. The van der Waals surface area contributed by atoms with Gasteiger partial charge in [0.1, 0.15) is 5.69 Å². The number of hydrogen-bond donors (Lipinski definition) is 0. The highest BCUT2D eigenvalue weighted by Crippen LogP contribution is 2.33. The van der Waals surface area contributed by atoms with Gasteiger partial charge in [0.15, 0.2) is 5.78 Å². The molecular weight excluding hydrogens is 354 g/mol. The molecular formula is C22H25N3O3. The van der Waals surface area contributed by atoms with Crippen LogP contribution in [0.3, 0.4) is 0 Å². The standard InChI is InChI=1S/C22H25N3O3/c26-22(17-7-2-1-3-8-17)18-10-11-20(21(15-18)25(27)28)24-14-6-9-19(16-24)23-12-4-5-13-23/h1-3,7-8,10-11,15,19H,4-6,9,12-14,16H2/t19-/m1/s1. The molecule has 0 aromatic heterocycles. The van der Waals surface area contributed by atoms with Gasteiger partial charge in [0.05, 0.1) is 4.92 Å². The van der Waals surface area contributed by atoms with E-state index in [1.54, 1.807) is 36.4 Å². The van der Waals surface area contributed by atoms with Gasteiger partial charge >= 0.3 is 0 Å². The van der Waals surface area contributed by atoms with Gasteiger partial charge in [-0.25, -0.2) is 0 Å². The second kappa shape index (κ2) is 8.10. The minimum Gasteiger partial charge on any atom is -0.364 e. The molecule has 0 bridgehead atoms. The first-order chi connectivity index (χ1) is 13.6. The van der Waals surface area contributed by atoms with Gasteiger partial charge in [-0.1, -0.05) is 30.3 Å². The smallest absolute Gasteiger partial charge is 0.293 e. The Kier molecular flexibility index (Phi) is 5.39. The zero-order chi connectivity index (χ0) is 19.5. The topological polar surface area (TPSA) is 66.7 Å². The van der Waals surface area contributed by atoms with E-state index in [4.69, 9.17) is 0 Å². The lowest BCUT2D eigenvalue weighted by Crippen LogP contribution is -2.47. The predicted molar refractivity (Wildman–Crippen MR) is 109 cm³/mol.